The summed E-state index contributed by atoms with van der Waals surface area (Å²) in [6.45, 7) is 19.3. The molecule has 1 fully saturated rings. The van der Waals surface area contributed by atoms with Crippen LogP contribution in [0.1, 0.15) is 106 Å². The molecule has 0 unspecified atom stereocenters. The van der Waals surface area contributed by atoms with Crippen LogP contribution in [0.5, 0.6) is 0 Å². The molecule has 0 spiro atoms. The molecule has 4 N–H and O–H groups in total. The summed E-state index contributed by atoms with van der Waals surface area (Å²) in [6, 6.07) is 3.00. The molecule has 11 atom stereocenters. The lowest BCUT2D eigenvalue weighted by molar-refractivity contribution is -0.278. The Kier molecular flexibility index (Phi) is 31.9. The number of carbonyl (C=O) groups is 5. The monoisotopic (exact) mass is 870 g/mol. The van der Waals surface area contributed by atoms with E-state index in [2.05, 4.69) is 18.8 Å². The first kappa shape index (κ1) is 59.3. The van der Waals surface area contributed by atoms with Gasteiger partial charge in [-0.15, -0.1) is 0 Å². The van der Waals surface area contributed by atoms with Crippen LogP contribution < -0.4 is 5.73 Å². The third kappa shape index (κ3) is 22.2. The quantitative estimate of drug-likeness (QED) is 0.0540. The van der Waals surface area contributed by atoms with Gasteiger partial charge < -0.3 is 49.7 Å². The van der Waals surface area contributed by atoms with E-state index in [9.17, 15) is 19.5 Å². The molecular weight excluding hydrogens is 790 g/mol. The molecule has 2 heterocycles. The summed E-state index contributed by atoms with van der Waals surface area (Å²) >= 11 is 0. The van der Waals surface area contributed by atoms with Crippen molar-refractivity contribution >= 4 is 36.5 Å². The lowest BCUT2D eigenvalue weighted by Crippen LogP contribution is -2.56. The maximum atomic E-state index is 15.3. The number of unbranched alkanes of at least 4 members (excludes halogenated alkanes) is 1. The lowest BCUT2D eigenvalue weighted by Gasteiger charge is -2.43. The van der Waals surface area contributed by atoms with E-state index in [-0.39, 0.29) is 36.2 Å². The van der Waals surface area contributed by atoms with Gasteiger partial charge in [0.1, 0.15) is 37.4 Å². The number of hydrogen-bond acceptors (Lipinski definition) is 14. The van der Waals surface area contributed by atoms with Crippen molar-refractivity contribution in [3.8, 4) is 0 Å². The van der Waals surface area contributed by atoms with E-state index in [0.717, 1.165) is 24.9 Å². The van der Waals surface area contributed by atoms with Gasteiger partial charge in [0, 0.05) is 68.1 Å². The van der Waals surface area contributed by atoms with Crippen molar-refractivity contribution in [2.45, 2.75) is 144 Å². The molecule has 0 radical (unpaired) electrons. The predicted molar refractivity (Wildman–Crippen MR) is 237 cm³/mol. The number of carboxylic acid groups (broad SMARTS) is 1. The Bertz CT molecular complexity index is 1390. The zero-order valence-corrected chi connectivity index (χ0v) is 39.3. The largest absolute Gasteiger partial charge is 0.483 e. The average molecular weight is 870 g/mol. The fourth-order valence-corrected chi connectivity index (χ4v) is 6.94. The smallest absolute Gasteiger partial charge is 0.316 e. The maximum absolute atomic E-state index is 15.3. The number of pyridine rings is 1. The number of ether oxygens (including phenoxy) is 3. The van der Waals surface area contributed by atoms with E-state index in [1.165, 1.54) is 13.3 Å². The van der Waals surface area contributed by atoms with Crippen molar-refractivity contribution in [1.82, 2.24) is 19.7 Å². The van der Waals surface area contributed by atoms with E-state index < -0.39 is 60.9 Å². The molecular formula is C45H80FN5O10. The van der Waals surface area contributed by atoms with Crippen LogP contribution in [0.15, 0.2) is 30.7 Å². The van der Waals surface area contributed by atoms with Gasteiger partial charge in [-0.25, -0.2) is 4.39 Å². The number of nitrogens with two attached hydrogens (primary N) is 1. The van der Waals surface area contributed by atoms with Crippen molar-refractivity contribution < 1.29 is 52.8 Å². The molecule has 61 heavy (non-hydrogen) atoms. The molecule has 1 aromatic rings. The highest BCUT2D eigenvalue weighted by Crippen LogP contribution is 2.32. The van der Waals surface area contributed by atoms with Gasteiger partial charge in [-0.2, -0.15) is 0 Å². The fourth-order valence-electron chi connectivity index (χ4n) is 6.94. The van der Waals surface area contributed by atoms with E-state index >= 15 is 4.39 Å². The molecule has 2 rings (SSSR count). The fraction of sp³-hybridized carbons (Fsp3) is 0.733. The van der Waals surface area contributed by atoms with Crippen LogP contribution in [-0.4, -0.2) is 151 Å². The summed E-state index contributed by atoms with van der Waals surface area (Å²) in [4.78, 5) is 65.7. The molecule has 1 aliphatic heterocycles. The molecule has 352 valence electrons. The van der Waals surface area contributed by atoms with Crippen LogP contribution in [0.3, 0.4) is 0 Å². The first-order chi connectivity index (χ1) is 28.7. The SMILES string of the molecule is C=O.CCC.CCC(=O)[C@H](C)C[C@H](C)[C@H](O[C@@H]1O[C@H](C)C[C@H](N(C)C)[C@H]1O)[C@@H](C)C(=O)[C@@H](C)C(=O)OC[C@@H](F)[C@@H](C)N(C)CCCCN(C)/C=C(\N)c1cccnc1.O=CO. The number of rotatable bonds is 23. The molecule has 0 saturated carbocycles. The molecule has 16 heteroatoms. The number of halogens is 1. The summed E-state index contributed by atoms with van der Waals surface area (Å²) in [7, 11) is 7.55. The molecule has 1 aromatic heterocycles. The standard InChI is InChI=1S/C40H68FN5O7.C3H8.CH2O2.CH2O/c1-12-35(47)25(2)20-26(3)38(53-40-37(49)34(44(8)9)21-27(4)52-40)28(5)36(48)29(6)39(50)51-24-32(41)30(7)46(11)19-14-13-18-45(10)23-33(42)31-16-15-17-43-22-31;1-3-2;2-1-3;1-2/h15-17,22-23,25-30,32,34,37-38,40,49H,12-14,18-21,24,42H2,1-11H3;3H2,1-2H3;1H,(H,2,3);1H2/b33-23-;;;/t25-,26+,27-,28+,29-,30-,32-,34+,37-,38+,40+;;;/m1.../s1. The van der Waals surface area contributed by atoms with Gasteiger partial charge in [0.2, 0.25) is 0 Å². The molecule has 0 aliphatic carbocycles. The predicted octanol–water partition coefficient (Wildman–Crippen LogP) is 5.48. The summed E-state index contributed by atoms with van der Waals surface area (Å²) in [5, 5.41) is 18.1. The number of hydrogen-bond donors (Lipinski definition) is 3. The number of likely N-dealkylation sites (N-methyl/N-ethyl adjacent to an activating group) is 1. The highest BCUT2D eigenvalue weighted by molar-refractivity contribution is 5.99. The van der Waals surface area contributed by atoms with Gasteiger partial charge in [0.05, 0.1) is 17.9 Å². The summed E-state index contributed by atoms with van der Waals surface area (Å²) < 4.78 is 33.1. The van der Waals surface area contributed by atoms with E-state index in [0.29, 0.717) is 31.5 Å². The Morgan fingerprint density at radius 1 is 1.07 bits per heavy atom. The van der Waals surface area contributed by atoms with E-state index in [1.807, 2.05) is 95.7 Å². The Morgan fingerprint density at radius 2 is 1.64 bits per heavy atom. The minimum absolute atomic E-state index is 0.103. The van der Waals surface area contributed by atoms with Gasteiger partial charge in [-0.3, -0.25) is 24.2 Å². The van der Waals surface area contributed by atoms with Gasteiger partial charge in [0.15, 0.2) is 12.1 Å². The number of aromatic nitrogens is 1. The lowest BCUT2D eigenvalue weighted by atomic mass is 9.81. The van der Waals surface area contributed by atoms with Crippen molar-refractivity contribution in [3.05, 3.63) is 36.3 Å². The Balaban J connectivity index is 0. The third-order valence-corrected chi connectivity index (χ3v) is 10.7. The number of nitrogens with zero attached hydrogens (tertiary/aromatic N) is 4. The van der Waals surface area contributed by atoms with Crippen molar-refractivity contribution in [2.24, 2.45) is 29.4 Å². The second kappa shape index (κ2) is 32.8. The van der Waals surface area contributed by atoms with Gasteiger partial charge in [-0.1, -0.05) is 48.0 Å². The zero-order valence-electron chi connectivity index (χ0n) is 39.3. The van der Waals surface area contributed by atoms with Crippen LogP contribution in [0.25, 0.3) is 5.70 Å². The molecule has 15 nitrogen and oxygen atoms in total. The first-order valence-corrected chi connectivity index (χ1v) is 21.4. The number of aliphatic hydroxyl groups is 1. The summed E-state index contributed by atoms with van der Waals surface area (Å²) in [6.07, 6.45) is 5.28. The summed E-state index contributed by atoms with van der Waals surface area (Å²) in [5.74, 6) is -3.67. The minimum atomic E-state index is -1.46. The molecule has 1 aliphatic rings. The Hall–Kier alpha value is -3.83. The normalized spacial score (nSPS) is 21.0. The number of carbonyl (C=O) groups excluding carboxylic acids is 4. The first-order valence-electron chi connectivity index (χ1n) is 21.4. The van der Waals surface area contributed by atoms with Crippen LogP contribution >= 0.6 is 0 Å². The second-order valence-electron chi connectivity index (χ2n) is 16.2. The number of esters is 1. The average Bonchev–Trinajstić information content (AvgIpc) is 3.24. The van der Waals surface area contributed by atoms with Crippen molar-refractivity contribution in [2.75, 3.05) is 47.9 Å². The number of alkyl halides is 1. The topological polar surface area (TPSA) is 202 Å². The van der Waals surface area contributed by atoms with Gasteiger partial charge >= 0.3 is 5.97 Å². The number of ketones is 2. The van der Waals surface area contributed by atoms with E-state index in [1.54, 1.807) is 26.2 Å². The number of Topliss-reactive ketones (excluding diaryl/α,β-unsaturated/α-hetero) is 2. The second-order valence-corrected chi connectivity index (χ2v) is 16.2. The minimum Gasteiger partial charge on any atom is -0.483 e. The van der Waals surface area contributed by atoms with E-state index in [4.69, 9.17) is 34.6 Å². The van der Waals surface area contributed by atoms with Crippen LogP contribution in [0, 0.1) is 23.7 Å². The van der Waals surface area contributed by atoms with Gasteiger partial charge in [-0.05, 0) is 92.2 Å². The molecule has 0 amide bonds. The van der Waals surface area contributed by atoms with Crippen molar-refractivity contribution in [3.63, 3.8) is 0 Å². The Labute approximate surface area is 365 Å². The van der Waals surface area contributed by atoms with Crippen LogP contribution in [0.2, 0.25) is 0 Å². The molecule has 0 aromatic carbocycles. The molecule has 1 saturated heterocycles. The maximum Gasteiger partial charge on any atom is 0.316 e. The summed E-state index contributed by atoms with van der Waals surface area (Å²) in [5.41, 5.74) is 7.66. The third-order valence-electron chi connectivity index (χ3n) is 10.7. The Morgan fingerprint density at radius 3 is 2.16 bits per heavy atom. The van der Waals surface area contributed by atoms with Gasteiger partial charge in [0.25, 0.3) is 6.47 Å². The van der Waals surface area contributed by atoms with Crippen molar-refractivity contribution in [1.29, 1.82) is 0 Å². The van der Waals surface area contributed by atoms with Crippen LogP contribution in [-0.2, 0) is 38.2 Å². The van der Waals surface area contributed by atoms with Crippen LogP contribution in [0.4, 0.5) is 4.39 Å². The molecule has 0 bridgehead atoms. The highest BCUT2D eigenvalue weighted by atomic mass is 19.1. The number of aliphatic hydroxyl groups excluding tert-OH is 1. The highest BCUT2D eigenvalue weighted by Gasteiger charge is 2.43. The zero-order chi connectivity index (χ0) is 47.4.